The Morgan fingerprint density at radius 1 is 0.958 bits per heavy atom. The first-order valence-electron chi connectivity index (χ1n) is 6.50. The lowest BCUT2D eigenvalue weighted by atomic mass is 10.3. The zero-order chi connectivity index (χ0) is 18.3. The molecular weight excluding hydrogens is 324 g/mol. The van der Waals surface area contributed by atoms with Gasteiger partial charge >= 0.3 is 11.9 Å². The Bertz CT molecular complexity index is 852. The summed E-state index contributed by atoms with van der Waals surface area (Å²) < 4.78 is 4.64. The first-order valence-corrected chi connectivity index (χ1v) is 6.50. The molecule has 2 rings (SSSR count). The average Bonchev–Trinajstić information content (AvgIpc) is 2.46. The van der Waals surface area contributed by atoms with Crippen molar-refractivity contribution in [2.75, 3.05) is 6.61 Å². The van der Waals surface area contributed by atoms with E-state index in [9.17, 15) is 19.2 Å². The summed E-state index contributed by atoms with van der Waals surface area (Å²) in [6, 6.07) is 4.06. The van der Waals surface area contributed by atoms with Crippen LogP contribution >= 0.6 is 0 Å². The second-order valence-corrected chi connectivity index (χ2v) is 4.26. The number of H-pyrrole nitrogens is 2. The number of esters is 1. The van der Waals surface area contributed by atoms with Gasteiger partial charge < -0.3 is 20.1 Å². The van der Waals surface area contributed by atoms with Gasteiger partial charge in [-0.05, 0) is 6.92 Å². The second-order valence-electron chi connectivity index (χ2n) is 4.26. The number of aromatic amines is 2. The van der Waals surface area contributed by atoms with Gasteiger partial charge in [0, 0.05) is 24.3 Å². The van der Waals surface area contributed by atoms with Gasteiger partial charge in [-0.15, -0.1) is 0 Å². The molecule has 0 bridgehead atoms. The van der Waals surface area contributed by atoms with Gasteiger partial charge in [-0.1, -0.05) is 0 Å². The molecular formula is C14H14N2O8. The molecule has 2 aromatic rings. The summed E-state index contributed by atoms with van der Waals surface area (Å²) in [5, 5.41) is 26.0. The molecule has 0 spiro atoms. The number of ether oxygens (including phenoxy) is 1. The van der Waals surface area contributed by atoms with Gasteiger partial charge in [0.25, 0.3) is 11.1 Å². The zero-order valence-electron chi connectivity index (χ0n) is 12.4. The summed E-state index contributed by atoms with van der Waals surface area (Å²) in [5.74, 6) is -2.67. The van der Waals surface area contributed by atoms with Crippen LogP contribution in [0, 0.1) is 0 Å². The minimum Gasteiger partial charge on any atom is -0.494 e. The van der Waals surface area contributed by atoms with Gasteiger partial charge in [0.1, 0.15) is 0 Å². The summed E-state index contributed by atoms with van der Waals surface area (Å²) >= 11 is 0. The van der Waals surface area contributed by atoms with Crippen LogP contribution in [0.3, 0.4) is 0 Å². The van der Waals surface area contributed by atoms with Crippen molar-refractivity contribution in [3.05, 3.63) is 56.1 Å². The minimum absolute atomic E-state index is 0.0445. The lowest BCUT2D eigenvalue weighted by Gasteiger charge is -2.00. The molecule has 10 heteroatoms. The molecule has 5 N–H and O–H groups in total. The number of nitrogens with one attached hydrogen (secondary N) is 2. The smallest absolute Gasteiger partial charge is 0.338 e. The fourth-order valence-electron chi connectivity index (χ4n) is 1.51. The average molecular weight is 338 g/mol. The maximum atomic E-state index is 11.1. The number of carboxylic acids is 1. The number of carbonyl (C=O) groups excluding carboxylic acids is 1. The molecule has 128 valence electrons. The van der Waals surface area contributed by atoms with E-state index in [1.165, 1.54) is 0 Å². The zero-order valence-corrected chi connectivity index (χ0v) is 12.4. The molecule has 0 unspecified atom stereocenters. The van der Waals surface area contributed by atoms with Crippen molar-refractivity contribution in [2.24, 2.45) is 0 Å². The molecule has 0 aliphatic rings. The Morgan fingerprint density at radius 2 is 1.42 bits per heavy atom. The fraction of sp³-hybridized carbons (Fsp3) is 0.143. The molecule has 10 nitrogen and oxygen atoms in total. The molecule has 0 saturated carbocycles. The highest BCUT2D eigenvalue weighted by molar-refractivity contribution is 5.89. The second kappa shape index (κ2) is 8.17. The predicted octanol–water partition coefficient (Wildman–Crippen LogP) is 0.0359. The van der Waals surface area contributed by atoms with Crippen molar-refractivity contribution in [3.63, 3.8) is 0 Å². The monoisotopic (exact) mass is 338 g/mol. The number of carbonyl (C=O) groups is 2. The number of rotatable bonds is 3. The van der Waals surface area contributed by atoms with Crippen molar-refractivity contribution in [1.29, 1.82) is 0 Å². The van der Waals surface area contributed by atoms with Crippen LogP contribution < -0.4 is 11.1 Å². The third-order valence-electron chi connectivity index (χ3n) is 2.42. The summed E-state index contributed by atoms with van der Waals surface area (Å²) in [5.41, 5.74) is -1.36. The summed E-state index contributed by atoms with van der Waals surface area (Å²) in [6.07, 6.45) is 0. The van der Waals surface area contributed by atoms with E-state index in [4.69, 9.17) is 15.3 Å². The molecule has 2 aromatic heterocycles. The molecule has 0 saturated heterocycles. The minimum atomic E-state index is -1.24. The maximum absolute atomic E-state index is 11.1. The largest absolute Gasteiger partial charge is 0.494 e. The Kier molecular flexibility index (Phi) is 6.30. The summed E-state index contributed by atoms with van der Waals surface area (Å²) in [7, 11) is 0. The lowest BCUT2D eigenvalue weighted by Crippen LogP contribution is -2.11. The SMILES string of the molecule is CCOC(=O)c1cc(O)[nH]c(=O)c1.O=C(O)c1cc(O)[nH]c(=O)c1. The number of hydrogen-bond donors (Lipinski definition) is 5. The molecule has 0 fully saturated rings. The van der Waals surface area contributed by atoms with Crippen LogP contribution in [-0.2, 0) is 4.74 Å². The van der Waals surface area contributed by atoms with Crippen LogP contribution in [0.25, 0.3) is 0 Å². The molecule has 0 aliphatic carbocycles. The van der Waals surface area contributed by atoms with E-state index in [0.717, 1.165) is 24.3 Å². The normalized spacial score (nSPS) is 9.54. The Hall–Kier alpha value is -3.56. The highest BCUT2D eigenvalue weighted by Gasteiger charge is 2.08. The van der Waals surface area contributed by atoms with Gasteiger partial charge in [-0.3, -0.25) is 19.6 Å². The van der Waals surface area contributed by atoms with Gasteiger partial charge in [0.05, 0.1) is 17.7 Å². The standard InChI is InChI=1S/C8H9NO4.C6H5NO4/c1-2-13-8(12)5-3-6(10)9-7(11)4-5;8-4-1-3(6(10)11)2-5(9)7-4/h3-4H,2H2,1H3,(H2,9,10,11);1-2H,(H,10,11)(H2,7,8,9). The lowest BCUT2D eigenvalue weighted by molar-refractivity contribution is 0.0525. The number of aromatic carboxylic acids is 1. The number of aromatic hydroxyl groups is 2. The van der Waals surface area contributed by atoms with Crippen molar-refractivity contribution in [3.8, 4) is 11.8 Å². The van der Waals surface area contributed by atoms with E-state index in [0.29, 0.717) is 0 Å². The van der Waals surface area contributed by atoms with Crippen LogP contribution in [0.2, 0.25) is 0 Å². The summed E-state index contributed by atoms with van der Waals surface area (Å²) in [6.45, 7) is 1.89. The number of carboxylic acid groups (broad SMARTS) is 1. The third-order valence-corrected chi connectivity index (χ3v) is 2.42. The highest BCUT2D eigenvalue weighted by atomic mass is 16.5. The highest BCUT2D eigenvalue weighted by Crippen LogP contribution is 2.05. The van der Waals surface area contributed by atoms with E-state index in [1.807, 2.05) is 4.98 Å². The van der Waals surface area contributed by atoms with Crippen LogP contribution in [0.1, 0.15) is 27.6 Å². The van der Waals surface area contributed by atoms with E-state index < -0.39 is 28.9 Å². The van der Waals surface area contributed by atoms with Crippen molar-refractivity contribution >= 4 is 11.9 Å². The van der Waals surface area contributed by atoms with Crippen LogP contribution in [0.15, 0.2) is 33.9 Å². The molecule has 24 heavy (non-hydrogen) atoms. The number of hydrogen-bond acceptors (Lipinski definition) is 7. The Balaban J connectivity index is 0.000000243. The quantitative estimate of drug-likeness (QED) is 0.488. The Labute approximate surface area is 134 Å². The third kappa shape index (κ3) is 5.67. The van der Waals surface area contributed by atoms with Crippen molar-refractivity contribution in [2.45, 2.75) is 6.92 Å². The maximum Gasteiger partial charge on any atom is 0.338 e. The van der Waals surface area contributed by atoms with E-state index in [2.05, 4.69) is 9.72 Å². The van der Waals surface area contributed by atoms with Crippen molar-refractivity contribution < 1.29 is 29.6 Å². The molecule has 0 atom stereocenters. The first-order chi connectivity index (χ1) is 11.2. The van der Waals surface area contributed by atoms with Gasteiger partial charge in [-0.2, -0.15) is 0 Å². The molecule has 2 heterocycles. The van der Waals surface area contributed by atoms with Crippen LogP contribution in [0.4, 0.5) is 0 Å². The Morgan fingerprint density at radius 3 is 1.83 bits per heavy atom. The topological polar surface area (TPSA) is 170 Å². The van der Waals surface area contributed by atoms with Gasteiger partial charge in [0.15, 0.2) is 11.8 Å². The fourth-order valence-corrected chi connectivity index (χ4v) is 1.51. The number of pyridine rings is 2. The van der Waals surface area contributed by atoms with Gasteiger partial charge in [-0.25, -0.2) is 9.59 Å². The first kappa shape index (κ1) is 18.5. The summed E-state index contributed by atoms with van der Waals surface area (Å²) in [4.78, 5) is 46.7. The van der Waals surface area contributed by atoms with E-state index >= 15 is 0 Å². The predicted molar refractivity (Wildman–Crippen MR) is 80.4 cm³/mol. The van der Waals surface area contributed by atoms with E-state index in [1.54, 1.807) is 6.92 Å². The number of aromatic nitrogens is 2. The van der Waals surface area contributed by atoms with Crippen molar-refractivity contribution in [1.82, 2.24) is 9.97 Å². The molecule has 0 amide bonds. The molecule has 0 radical (unpaired) electrons. The van der Waals surface area contributed by atoms with Crippen LogP contribution in [-0.4, -0.2) is 43.8 Å². The van der Waals surface area contributed by atoms with Gasteiger partial charge in [0.2, 0.25) is 0 Å². The molecule has 0 aromatic carbocycles. The molecule has 0 aliphatic heterocycles. The van der Waals surface area contributed by atoms with E-state index in [-0.39, 0.29) is 23.6 Å². The van der Waals surface area contributed by atoms with Crippen LogP contribution in [0.5, 0.6) is 11.8 Å².